The summed E-state index contributed by atoms with van der Waals surface area (Å²) in [6.45, 7) is 1.37. The van der Waals surface area contributed by atoms with Crippen molar-refractivity contribution in [3.05, 3.63) is 0 Å². The Balaban J connectivity index is 3.87. The van der Waals surface area contributed by atoms with E-state index in [1.54, 1.807) is 11.8 Å². The number of hydrogen-bond acceptors (Lipinski definition) is 3. The van der Waals surface area contributed by atoms with E-state index in [0.717, 1.165) is 5.75 Å². The maximum Gasteiger partial charge on any atom is 0.240 e. The number of rotatable bonds is 5. The third kappa shape index (κ3) is 5.01. The van der Waals surface area contributed by atoms with Crippen LogP contribution < -0.4 is 11.1 Å². The third-order valence-electron chi connectivity index (χ3n) is 1.33. The van der Waals surface area contributed by atoms with Crippen LogP contribution in [0.1, 0.15) is 13.3 Å². The molecule has 4 nitrogen and oxygen atoms in total. The van der Waals surface area contributed by atoms with E-state index in [2.05, 4.69) is 5.32 Å². The van der Waals surface area contributed by atoms with Crippen molar-refractivity contribution in [2.75, 3.05) is 12.0 Å². The second-order valence-electron chi connectivity index (χ2n) is 2.44. The Bertz CT molecular complexity index is 173. The van der Waals surface area contributed by atoms with E-state index in [0.29, 0.717) is 6.42 Å². The summed E-state index contributed by atoms with van der Waals surface area (Å²) < 4.78 is 0. The number of nitrogens with one attached hydrogen (secondary N) is 1. The monoisotopic (exact) mass is 190 g/mol. The minimum Gasteiger partial charge on any atom is -0.368 e. The molecule has 0 aromatic rings. The lowest BCUT2D eigenvalue weighted by Crippen LogP contribution is -2.43. The van der Waals surface area contributed by atoms with Gasteiger partial charge in [0.1, 0.15) is 6.04 Å². The molecule has 70 valence electrons. The molecule has 0 aromatic carbocycles. The summed E-state index contributed by atoms with van der Waals surface area (Å²) in [4.78, 5) is 21.3. The molecule has 5 heteroatoms. The van der Waals surface area contributed by atoms with E-state index >= 15 is 0 Å². The highest BCUT2D eigenvalue weighted by Crippen LogP contribution is 1.99. The molecule has 1 atom stereocenters. The second-order valence-corrected chi connectivity index (χ2v) is 3.42. The topological polar surface area (TPSA) is 72.2 Å². The molecule has 0 bridgehead atoms. The molecule has 0 aromatic heterocycles. The SMILES string of the molecule is CSCCC(NC(C)=O)C(N)=O. The predicted octanol–water partition coefficient (Wildman–Crippen LogP) is -0.271. The van der Waals surface area contributed by atoms with Crippen molar-refractivity contribution in [2.24, 2.45) is 5.73 Å². The Morgan fingerprint density at radius 3 is 2.50 bits per heavy atom. The first-order valence-corrected chi connectivity index (χ1v) is 5.02. The van der Waals surface area contributed by atoms with E-state index in [-0.39, 0.29) is 5.91 Å². The van der Waals surface area contributed by atoms with Gasteiger partial charge in [-0.1, -0.05) is 0 Å². The lowest BCUT2D eigenvalue weighted by Gasteiger charge is -2.12. The first-order chi connectivity index (χ1) is 5.57. The smallest absolute Gasteiger partial charge is 0.240 e. The van der Waals surface area contributed by atoms with Gasteiger partial charge in [0.05, 0.1) is 0 Å². The maximum absolute atomic E-state index is 10.7. The van der Waals surface area contributed by atoms with E-state index in [4.69, 9.17) is 5.73 Å². The van der Waals surface area contributed by atoms with Gasteiger partial charge in [0.15, 0.2) is 0 Å². The van der Waals surface area contributed by atoms with Crippen LogP contribution in [0.4, 0.5) is 0 Å². The highest BCUT2D eigenvalue weighted by molar-refractivity contribution is 7.98. The fourth-order valence-electron chi connectivity index (χ4n) is 0.767. The minimum absolute atomic E-state index is 0.222. The first-order valence-electron chi connectivity index (χ1n) is 3.63. The van der Waals surface area contributed by atoms with Crippen LogP contribution in [0.2, 0.25) is 0 Å². The van der Waals surface area contributed by atoms with Gasteiger partial charge in [-0.25, -0.2) is 0 Å². The van der Waals surface area contributed by atoms with Crippen molar-refractivity contribution in [1.29, 1.82) is 0 Å². The molecular weight excluding hydrogens is 176 g/mol. The van der Waals surface area contributed by atoms with Crippen LogP contribution in [0.3, 0.4) is 0 Å². The summed E-state index contributed by atoms with van der Waals surface area (Å²) >= 11 is 1.62. The third-order valence-corrected chi connectivity index (χ3v) is 1.98. The van der Waals surface area contributed by atoms with Crippen LogP contribution in [0.25, 0.3) is 0 Å². The summed E-state index contributed by atoms with van der Waals surface area (Å²) in [6.07, 6.45) is 2.53. The summed E-state index contributed by atoms with van der Waals surface area (Å²) in [5.41, 5.74) is 5.06. The highest BCUT2D eigenvalue weighted by Gasteiger charge is 2.14. The van der Waals surface area contributed by atoms with E-state index in [1.807, 2.05) is 6.26 Å². The van der Waals surface area contributed by atoms with Gasteiger partial charge in [0, 0.05) is 6.92 Å². The van der Waals surface area contributed by atoms with Crippen LogP contribution in [0.5, 0.6) is 0 Å². The molecule has 0 aliphatic rings. The normalized spacial score (nSPS) is 12.2. The quantitative estimate of drug-likeness (QED) is 0.627. The number of nitrogens with two attached hydrogens (primary N) is 1. The average Bonchev–Trinajstić information content (AvgIpc) is 1.96. The fourth-order valence-corrected chi connectivity index (χ4v) is 1.24. The number of hydrogen-bond donors (Lipinski definition) is 2. The lowest BCUT2D eigenvalue weighted by atomic mass is 10.2. The van der Waals surface area contributed by atoms with Gasteiger partial charge in [-0.2, -0.15) is 11.8 Å². The molecule has 2 amide bonds. The van der Waals surface area contributed by atoms with Gasteiger partial charge in [0.25, 0.3) is 0 Å². The molecule has 0 rings (SSSR count). The number of thioether (sulfide) groups is 1. The second kappa shape index (κ2) is 5.88. The molecule has 0 aliphatic carbocycles. The van der Waals surface area contributed by atoms with Gasteiger partial charge < -0.3 is 11.1 Å². The number of carbonyl (C=O) groups excluding carboxylic acids is 2. The van der Waals surface area contributed by atoms with Crippen LogP contribution >= 0.6 is 11.8 Å². The largest absolute Gasteiger partial charge is 0.368 e. The van der Waals surface area contributed by atoms with Gasteiger partial charge in [0.2, 0.25) is 11.8 Å². The maximum atomic E-state index is 10.7. The first kappa shape index (κ1) is 11.3. The lowest BCUT2D eigenvalue weighted by molar-refractivity contribution is -0.126. The molecule has 0 heterocycles. The van der Waals surface area contributed by atoms with Crippen molar-refractivity contribution in [1.82, 2.24) is 5.32 Å². The van der Waals surface area contributed by atoms with Crippen molar-refractivity contribution >= 4 is 23.6 Å². The number of carbonyl (C=O) groups is 2. The minimum atomic E-state index is -0.519. The Hall–Kier alpha value is -0.710. The summed E-state index contributed by atoms with van der Waals surface area (Å²) in [5.74, 6) is 0.118. The zero-order valence-electron chi connectivity index (χ0n) is 7.29. The molecule has 0 aliphatic heterocycles. The van der Waals surface area contributed by atoms with Crippen molar-refractivity contribution in [3.8, 4) is 0 Å². The van der Waals surface area contributed by atoms with Crippen LogP contribution in [-0.2, 0) is 9.59 Å². The molecule has 0 spiro atoms. The van der Waals surface area contributed by atoms with Gasteiger partial charge >= 0.3 is 0 Å². The zero-order valence-corrected chi connectivity index (χ0v) is 8.11. The highest BCUT2D eigenvalue weighted by atomic mass is 32.2. The molecule has 3 N–H and O–H groups in total. The molecule has 0 saturated carbocycles. The van der Waals surface area contributed by atoms with E-state index < -0.39 is 11.9 Å². The molecule has 12 heavy (non-hydrogen) atoms. The van der Waals surface area contributed by atoms with E-state index in [1.165, 1.54) is 6.92 Å². The standard InChI is InChI=1S/C7H14N2O2S/c1-5(10)9-6(7(8)11)3-4-12-2/h6H,3-4H2,1-2H3,(H2,8,11)(H,9,10). The fraction of sp³-hybridized carbons (Fsp3) is 0.714. The van der Waals surface area contributed by atoms with Crippen molar-refractivity contribution in [3.63, 3.8) is 0 Å². The number of primary amides is 1. The van der Waals surface area contributed by atoms with Crippen LogP contribution in [0, 0.1) is 0 Å². The summed E-state index contributed by atoms with van der Waals surface area (Å²) in [7, 11) is 0. The van der Waals surface area contributed by atoms with Gasteiger partial charge in [-0.15, -0.1) is 0 Å². The van der Waals surface area contributed by atoms with E-state index in [9.17, 15) is 9.59 Å². The Morgan fingerprint density at radius 1 is 1.58 bits per heavy atom. The van der Waals surface area contributed by atoms with Crippen LogP contribution in [-0.4, -0.2) is 29.9 Å². The molecule has 0 fully saturated rings. The Labute approximate surface area is 76.3 Å². The van der Waals surface area contributed by atoms with Crippen molar-refractivity contribution in [2.45, 2.75) is 19.4 Å². The summed E-state index contributed by atoms with van der Waals surface area (Å²) in [6, 6.07) is -0.519. The molecule has 1 unspecified atom stereocenters. The predicted molar refractivity (Wildman–Crippen MR) is 49.8 cm³/mol. The van der Waals surface area contributed by atoms with Crippen molar-refractivity contribution < 1.29 is 9.59 Å². The molecule has 0 saturated heterocycles. The Kier molecular flexibility index (Phi) is 5.53. The van der Waals surface area contributed by atoms with Gasteiger partial charge in [-0.05, 0) is 18.4 Å². The summed E-state index contributed by atoms with van der Waals surface area (Å²) in [5, 5.41) is 2.49. The Morgan fingerprint density at radius 2 is 2.17 bits per heavy atom. The van der Waals surface area contributed by atoms with Crippen LogP contribution in [0.15, 0.2) is 0 Å². The number of amides is 2. The average molecular weight is 190 g/mol. The van der Waals surface area contributed by atoms with Gasteiger partial charge in [-0.3, -0.25) is 9.59 Å². The molecular formula is C7H14N2O2S. The molecule has 0 radical (unpaired) electrons. The zero-order chi connectivity index (χ0) is 9.56.